The van der Waals surface area contributed by atoms with Crippen molar-refractivity contribution in [2.45, 2.75) is 30.2 Å². The molecule has 1 unspecified atom stereocenters. The van der Waals surface area contributed by atoms with Gasteiger partial charge in [0.1, 0.15) is 29.8 Å². The van der Waals surface area contributed by atoms with E-state index in [-0.39, 0.29) is 17.8 Å². The number of aliphatic hydroxyl groups excluding tert-OH is 4. The summed E-state index contributed by atoms with van der Waals surface area (Å²) in [6.45, 7) is -0.681. The molecule has 8 nitrogen and oxygen atoms in total. The zero-order valence-electron chi connectivity index (χ0n) is 10.9. The van der Waals surface area contributed by atoms with Gasteiger partial charge >= 0.3 is 0 Å². The highest BCUT2D eigenvalue weighted by atomic mass is 16.7. The van der Waals surface area contributed by atoms with Gasteiger partial charge in [0.05, 0.1) is 6.61 Å². The summed E-state index contributed by atoms with van der Waals surface area (Å²) in [7, 11) is 0. The van der Waals surface area contributed by atoms with Crippen LogP contribution in [0, 0.1) is 0 Å². The Morgan fingerprint density at radius 2 is 1.81 bits per heavy atom. The van der Waals surface area contributed by atoms with Crippen molar-refractivity contribution in [1.82, 2.24) is 0 Å². The summed E-state index contributed by atoms with van der Waals surface area (Å²) in [5, 5.41) is 47.7. The van der Waals surface area contributed by atoms with Gasteiger partial charge in [0.25, 0.3) is 5.79 Å². The Hall–Kier alpha value is -1.71. The smallest absolute Gasteiger partial charge is 0.296 e. The molecule has 1 fully saturated rings. The standard InChI is InChI=1S/C13H16O8/c14-5-9-10(17)11(18)12(19)13(6-15,21-9)20-8-3-1-7(16)2-4-8/h1-4,6,9-12,14,16-19H,5H2/t9-,10-,11+,12-,13?/m1/s1. The van der Waals surface area contributed by atoms with Crippen LogP contribution < -0.4 is 4.74 Å². The zero-order chi connectivity index (χ0) is 15.6. The van der Waals surface area contributed by atoms with Crippen LogP contribution in [-0.4, -0.2) is 68.6 Å². The van der Waals surface area contributed by atoms with Crippen molar-refractivity contribution in [3.63, 3.8) is 0 Å². The van der Waals surface area contributed by atoms with Crippen molar-refractivity contribution in [1.29, 1.82) is 0 Å². The van der Waals surface area contributed by atoms with E-state index in [1.54, 1.807) is 0 Å². The third-order valence-electron chi connectivity index (χ3n) is 3.26. The Kier molecular flexibility index (Phi) is 4.45. The lowest BCUT2D eigenvalue weighted by atomic mass is 9.93. The Balaban J connectivity index is 2.30. The predicted octanol–water partition coefficient (Wildman–Crippen LogP) is -1.86. The third-order valence-corrected chi connectivity index (χ3v) is 3.26. The van der Waals surface area contributed by atoms with E-state index in [4.69, 9.17) is 14.6 Å². The maximum atomic E-state index is 11.3. The fraction of sp³-hybridized carbons (Fsp3) is 0.462. The first kappa shape index (κ1) is 15.7. The minimum absolute atomic E-state index is 0.0312. The van der Waals surface area contributed by atoms with Crippen LogP contribution in [-0.2, 0) is 9.53 Å². The Morgan fingerprint density at radius 1 is 1.19 bits per heavy atom. The van der Waals surface area contributed by atoms with Gasteiger partial charge in [-0.1, -0.05) is 0 Å². The van der Waals surface area contributed by atoms with E-state index in [1.165, 1.54) is 24.3 Å². The van der Waals surface area contributed by atoms with E-state index in [1.807, 2.05) is 0 Å². The van der Waals surface area contributed by atoms with E-state index in [0.717, 1.165) is 0 Å². The summed E-state index contributed by atoms with van der Waals surface area (Å²) in [6.07, 6.45) is -6.32. The number of hydrogen-bond acceptors (Lipinski definition) is 8. The lowest BCUT2D eigenvalue weighted by Crippen LogP contribution is -2.68. The highest BCUT2D eigenvalue weighted by Gasteiger charge is 2.55. The summed E-state index contributed by atoms with van der Waals surface area (Å²) in [4.78, 5) is 11.3. The molecule has 1 aromatic carbocycles. The second-order valence-corrected chi connectivity index (χ2v) is 4.70. The normalized spacial score (nSPS) is 36.2. The van der Waals surface area contributed by atoms with E-state index in [9.17, 15) is 25.2 Å². The number of aromatic hydroxyl groups is 1. The molecule has 116 valence electrons. The number of hydrogen-bond donors (Lipinski definition) is 5. The monoisotopic (exact) mass is 300 g/mol. The fourth-order valence-electron chi connectivity index (χ4n) is 2.07. The summed E-state index contributed by atoms with van der Waals surface area (Å²) < 4.78 is 10.4. The Labute approximate surface area is 119 Å². The van der Waals surface area contributed by atoms with Crippen LogP contribution in [0.25, 0.3) is 0 Å². The molecule has 5 N–H and O–H groups in total. The first-order valence-corrected chi connectivity index (χ1v) is 6.21. The number of carbonyl (C=O) groups excluding carboxylic acids is 1. The highest BCUT2D eigenvalue weighted by Crippen LogP contribution is 2.31. The molecule has 1 heterocycles. The molecule has 0 spiro atoms. The molecule has 0 amide bonds. The molecular formula is C13H16O8. The van der Waals surface area contributed by atoms with Crippen molar-refractivity contribution in [2.75, 3.05) is 6.61 Å². The van der Waals surface area contributed by atoms with Crippen molar-refractivity contribution < 1.29 is 39.8 Å². The molecule has 0 bridgehead atoms. The molecule has 0 saturated carbocycles. The molecule has 8 heteroatoms. The number of ether oxygens (including phenoxy) is 2. The first-order chi connectivity index (χ1) is 9.93. The molecule has 1 aliphatic heterocycles. The SMILES string of the molecule is O=CC1(Oc2ccc(O)cc2)O[C@H](CO)[C@@H](O)[C@H](O)[C@H]1O. The average Bonchev–Trinajstić information content (AvgIpc) is 2.50. The Bertz CT molecular complexity index is 487. The lowest BCUT2D eigenvalue weighted by Gasteiger charge is -2.44. The van der Waals surface area contributed by atoms with Crippen LogP contribution in [0.4, 0.5) is 0 Å². The van der Waals surface area contributed by atoms with E-state index in [0.29, 0.717) is 0 Å². The zero-order valence-corrected chi connectivity index (χ0v) is 10.9. The van der Waals surface area contributed by atoms with Crippen LogP contribution in [0.2, 0.25) is 0 Å². The topological polar surface area (TPSA) is 137 Å². The number of benzene rings is 1. The van der Waals surface area contributed by atoms with Crippen LogP contribution in [0.3, 0.4) is 0 Å². The lowest BCUT2D eigenvalue weighted by molar-refractivity contribution is -0.315. The summed E-state index contributed by atoms with van der Waals surface area (Å²) >= 11 is 0. The fourth-order valence-corrected chi connectivity index (χ4v) is 2.07. The largest absolute Gasteiger partial charge is 0.508 e. The second kappa shape index (κ2) is 5.96. The van der Waals surface area contributed by atoms with Crippen LogP contribution >= 0.6 is 0 Å². The van der Waals surface area contributed by atoms with Crippen LogP contribution in [0.1, 0.15) is 0 Å². The van der Waals surface area contributed by atoms with E-state index >= 15 is 0 Å². The molecule has 0 radical (unpaired) electrons. The minimum Gasteiger partial charge on any atom is -0.508 e. The molecule has 1 aliphatic rings. The average molecular weight is 300 g/mol. The maximum absolute atomic E-state index is 11.3. The number of phenolic OH excluding ortho intramolecular Hbond substituents is 1. The number of aliphatic hydroxyl groups is 4. The molecule has 1 saturated heterocycles. The summed E-state index contributed by atoms with van der Waals surface area (Å²) in [6, 6.07) is 5.22. The van der Waals surface area contributed by atoms with E-state index in [2.05, 4.69) is 0 Å². The van der Waals surface area contributed by atoms with Gasteiger partial charge in [-0.2, -0.15) is 0 Å². The molecule has 0 aliphatic carbocycles. The van der Waals surface area contributed by atoms with Gasteiger partial charge in [-0.3, -0.25) is 4.79 Å². The van der Waals surface area contributed by atoms with Gasteiger partial charge < -0.3 is 35.0 Å². The van der Waals surface area contributed by atoms with E-state index < -0.39 is 36.8 Å². The van der Waals surface area contributed by atoms with Crippen LogP contribution in [0.15, 0.2) is 24.3 Å². The number of phenols is 1. The summed E-state index contributed by atoms with van der Waals surface area (Å²) in [5.41, 5.74) is 0. The second-order valence-electron chi connectivity index (χ2n) is 4.70. The van der Waals surface area contributed by atoms with Gasteiger partial charge in [-0.15, -0.1) is 0 Å². The van der Waals surface area contributed by atoms with Crippen LogP contribution in [0.5, 0.6) is 11.5 Å². The first-order valence-electron chi connectivity index (χ1n) is 6.21. The molecule has 5 atom stereocenters. The van der Waals surface area contributed by atoms with Crippen molar-refractivity contribution in [2.24, 2.45) is 0 Å². The van der Waals surface area contributed by atoms with Gasteiger partial charge in [0, 0.05) is 0 Å². The molecule has 0 aromatic heterocycles. The number of rotatable bonds is 4. The van der Waals surface area contributed by atoms with Gasteiger partial charge in [0.2, 0.25) is 0 Å². The number of carbonyl (C=O) groups is 1. The number of aldehydes is 1. The van der Waals surface area contributed by atoms with Crippen molar-refractivity contribution >= 4 is 6.29 Å². The third kappa shape index (κ3) is 2.85. The molecule has 21 heavy (non-hydrogen) atoms. The van der Waals surface area contributed by atoms with Gasteiger partial charge in [-0.05, 0) is 24.3 Å². The van der Waals surface area contributed by atoms with Crippen molar-refractivity contribution in [3.05, 3.63) is 24.3 Å². The maximum Gasteiger partial charge on any atom is 0.296 e. The predicted molar refractivity (Wildman–Crippen MR) is 67.5 cm³/mol. The molecule has 2 rings (SSSR count). The molecule has 1 aromatic rings. The van der Waals surface area contributed by atoms with Gasteiger partial charge in [-0.25, -0.2) is 0 Å². The minimum atomic E-state index is -2.27. The summed E-state index contributed by atoms with van der Waals surface area (Å²) in [5.74, 6) is -2.22. The highest BCUT2D eigenvalue weighted by molar-refractivity contribution is 5.63. The quantitative estimate of drug-likeness (QED) is 0.408. The molecular weight excluding hydrogens is 284 g/mol. The van der Waals surface area contributed by atoms with Gasteiger partial charge in [0.15, 0.2) is 12.4 Å². The van der Waals surface area contributed by atoms with Crippen molar-refractivity contribution in [3.8, 4) is 11.5 Å². The Morgan fingerprint density at radius 3 is 2.33 bits per heavy atom.